The number of hydrogen-bond donors (Lipinski definition) is 0. The molecule has 0 aliphatic rings. The van der Waals surface area contributed by atoms with Gasteiger partial charge in [-0.05, 0) is 27.1 Å². The normalized spacial score (nSPS) is 11.5. The van der Waals surface area contributed by atoms with E-state index in [1.54, 1.807) is 0 Å². The maximum absolute atomic E-state index is 2.30. The highest BCUT2D eigenvalue weighted by molar-refractivity contribution is 6.25. The Morgan fingerprint density at radius 2 is 0.875 bits per heavy atom. The van der Waals surface area contributed by atoms with Crippen LogP contribution in [0.5, 0.6) is 0 Å². The predicted molar refractivity (Wildman–Crippen MR) is 102 cm³/mol. The Balaban J connectivity index is 1.82. The van der Waals surface area contributed by atoms with Crippen LogP contribution in [0.25, 0.3) is 32.3 Å². The van der Waals surface area contributed by atoms with E-state index in [0.717, 1.165) is 6.54 Å². The van der Waals surface area contributed by atoms with Crippen LogP contribution in [0.2, 0.25) is 0 Å². The third kappa shape index (κ3) is 2.02. The summed E-state index contributed by atoms with van der Waals surface area (Å²) in [6.07, 6.45) is 4.58. The van der Waals surface area contributed by atoms with E-state index >= 15 is 0 Å². The minimum absolute atomic E-state index is 0.901. The number of aromatic nitrogens is 1. The number of hydrogen-bond acceptors (Lipinski definition) is 0. The molecule has 24 heavy (non-hydrogen) atoms. The lowest BCUT2D eigenvalue weighted by Gasteiger charge is -2.06. The average Bonchev–Trinajstić information content (AvgIpc) is 3.07. The van der Waals surface area contributed by atoms with E-state index in [4.69, 9.17) is 0 Å². The fourth-order valence-electron chi connectivity index (χ4n) is 3.73. The van der Waals surface area contributed by atoms with Gasteiger partial charge in [-0.1, -0.05) is 78.9 Å². The van der Waals surface area contributed by atoms with Crippen molar-refractivity contribution in [2.75, 3.05) is 0 Å². The lowest BCUT2D eigenvalue weighted by molar-refractivity contribution is 0.810. The predicted octanol–water partition coefficient (Wildman–Crippen LogP) is 6.00. The van der Waals surface area contributed by atoms with Crippen LogP contribution in [-0.2, 0) is 6.54 Å². The first-order valence-electron chi connectivity index (χ1n) is 8.33. The molecule has 5 rings (SSSR count). The van der Waals surface area contributed by atoms with Gasteiger partial charge in [0.2, 0.25) is 0 Å². The van der Waals surface area contributed by atoms with Gasteiger partial charge in [-0.2, -0.15) is 0 Å². The number of fused-ring (bicyclic) bond motifs is 6. The second kappa shape index (κ2) is 5.24. The summed E-state index contributed by atoms with van der Waals surface area (Å²) in [5.41, 5.74) is 1.33. The molecule has 1 heterocycles. The molecule has 0 amide bonds. The summed E-state index contributed by atoms with van der Waals surface area (Å²) in [5, 5.41) is 7.99. The number of benzene rings is 4. The molecule has 0 unspecified atom stereocenters. The van der Waals surface area contributed by atoms with Gasteiger partial charge in [-0.3, -0.25) is 0 Å². The van der Waals surface area contributed by atoms with Crippen LogP contribution in [0.15, 0.2) is 91.3 Å². The summed E-state index contributed by atoms with van der Waals surface area (Å²) in [7, 11) is 0. The fraction of sp³-hybridized carbons (Fsp3) is 0.0435. The molecule has 1 aromatic heterocycles. The van der Waals surface area contributed by atoms with Gasteiger partial charge in [0.1, 0.15) is 0 Å². The second-order valence-electron chi connectivity index (χ2n) is 6.33. The van der Waals surface area contributed by atoms with Crippen molar-refractivity contribution in [2.24, 2.45) is 0 Å². The van der Waals surface area contributed by atoms with Crippen molar-refractivity contribution in [3.63, 3.8) is 0 Å². The molecule has 114 valence electrons. The standard InChI is InChI=1S/C23H17N/c1-2-8-17(9-3-1)14-24-15-22-20-12-6-4-10-18(20)19-11-5-7-13-21(19)23(22)16-24/h1-13,15-16H,14H2. The van der Waals surface area contributed by atoms with Crippen LogP contribution >= 0.6 is 0 Å². The van der Waals surface area contributed by atoms with Crippen LogP contribution in [0, 0.1) is 0 Å². The van der Waals surface area contributed by atoms with Gasteiger partial charge in [0.15, 0.2) is 0 Å². The van der Waals surface area contributed by atoms with Gasteiger partial charge >= 0.3 is 0 Å². The SMILES string of the molecule is c1ccc(Cn2cc3c4ccccc4c4ccccc4c3c2)cc1. The Hall–Kier alpha value is -3.06. The zero-order chi connectivity index (χ0) is 15.9. The number of nitrogens with zero attached hydrogens (tertiary/aromatic N) is 1. The molecule has 0 saturated carbocycles. The molecule has 0 fully saturated rings. The van der Waals surface area contributed by atoms with Crippen LogP contribution in [0.4, 0.5) is 0 Å². The highest BCUT2D eigenvalue weighted by Crippen LogP contribution is 2.35. The van der Waals surface area contributed by atoms with Crippen molar-refractivity contribution in [3.05, 3.63) is 96.8 Å². The Morgan fingerprint density at radius 1 is 0.458 bits per heavy atom. The van der Waals surface area contributed by atoms with Gasteiger partial charge in [0, 0.05) is 29.7 Å². The Labute approximate surface area is 140 Å². The Morgan fingerprint density at radius 3 is 1.38 bits per heavy atom. The van der Waals surface area contributed by atoms with E-state index in [1.807, 2.05) is 0 Å². The highest BCUT2D eigenvalue weighted by atomic mass is 14.9. The molecular weight excluding hydrogens is 290 g/mol. The van der Waals surface area contributed by atoms with Gasteiger partial charge in [-0.25, -0.2) is 0 Å². The summed E-state index contributed by atoms with van der Waals surface area (Å²) in [5.74, 6) is 0. The molecule has 1 nitrogen and oxygen atoms in total. The molecule has 0 spiro atoms. The molecule has 5 aromatic rings. The molecule has 0 bridgehead atoms. The first-order chi connectivity index (χ1) is 11.9. The van der Waals surface area contributed by atoms with Gasteiger partial charge in [0.05, 0.1) is 0 Å². The lowest BCUT2D eigenvalue weighted by Crippen LogP contribution is -1.94. The van der Waals surface area contributed by atoms with Crippen molar-refractivity contribution in [2.45, 2.75) is 6.54 Å². The van der Waals surface area contributed by atoms with E-state index < -0.39 is 0 Å². The van der Waals surface area contributed by atoms with Gasteiger partial charge < -0.3 is 4.57 Å². The summed E-state index contributed by atoms with van der Waals surface area (Å²) < 4.78 is 2.30. The second-order valence-corrected chi connectivity index (χ2v) is 6.33. The third-order valence-corrected chi connectivity index (χ3v) is 4.81. The fourth-order valence-corrected chi connectivity index (χ4v) is 3.73. The molecule has 0 radical (unpaired) electrons. The van der Waals surface area contributed by atoms with Crippen molar-refractivity contribution < 1.29 is 0 Å². The molecule has 0 N–H and O–H groups in total. The molecule has 0 aliphatic heterocycles. The zero-order valence-corrected chi connectivity index (χ0v) is 13.3. The number of rotatable bonds is 2. The van der Waals surface area contributed by atoms with E-state index in [-0.39, 0.29) is 0 Å². The molecule has 0 atom stereocenters. The van der Waals surface area contributed by atoms with Gasteiger partial charge in [-0.15, -0.1) is 0 Å². The first-order valence-corrected chi connectivity index (χ1v) is 8.33. The molecule has 1 heteroatoms. The van der Waals surface area contributed by atoms with E-state index in [0.29, 0.717) is 0 Å². The van der Waals surface area contributed by atoms with Crippen LogP contribution < -0.4 is 0 Å². The van der Waals surface area contributed by atoms with Crippen molar-refractivity contribution in [3.8, 4) is 0 Å². The molecule has 4 aromatic carbocycles. The molecule has 0 aliphatic carbocycles. The summed E-state index contributed by atoms with van der Waals surface area (Å²) in [6, 6.07) is 28.1. The minimum atomic E-state index is 0.901. The summed E-state index contributed by atoms with van der Waals surface area (Å²) in [4.78, 5) is 0. The van der Waals surface area contributed by atoms with Gasteiger partial charge in [0.25, 0.3) is 0 Å². The minimum Gasteiger partial charge on any atom is -0.349 e. The smallest absolute Gasteiger partial charge is 0.0470 e. The monoisotopic (exact) mass is 307 g/mol. The Bertz CT molecular complexity index is 1090. The van der Waals surface area contributed by atoms with Crippen molar-refractivity contribution in [1.82, 2.24) is 4.57 Å². The van der Waals surface area contributed by atoms with Crippen molar-refractivity contribution >= 4 is 32.3 Å². The molecule has 0 saturated heterocycles. The Kier molecular flexibility index (Phi) is 2.92. The topological polar surface area (TPSA) is 4.93 Å². The molecular formula is C23H17N. The van der Waals surface area contributed by atoms with E-state index in [1.165, 1.54) is 37.9 Å². The van der Waals surface area contributed by atoms with Crippen LogP contribution in [-0.4, -0.2) is 4.57 Å². The lowest BCUT2D eigenvalue weighted by atomic mass is 9.97. The zero-order valence-electron chi connectivity index (χ0n) is 13.3. The van der Waals surface area contributed by atoms with Crippen LogP contribution in [0.3, 0.4) is 0 Å². The maximum Gasteiger partial charge on any atom is 0.0470 e. The first kappa shape index (κ1) is 13.4. The largest absolute Gasteiger partial charge is 0.349 e. The van der Waals surface area contributed by atoms with E-state index in [9.17, 15) is 0 Å². The quantitative estimate of drug-likeness (QED) is 0.353. The summed E-state index contributed by atoms with van der Waals surface area (Å²) >= 11 is 0. The summed E-state index contributed by atoms with van der Waals surface area (Å²) in [6.45, 7) is 0.901. The van der Waals surface area contributed by atoms with Crippen LogP contribution in [0.1, 0.15) is 5.56 Å². The average molecular weight is 307 g/mol. The maximum atomic E-state index is 2.30. The van der Waals surface area contributed by atoms with Crippen molar-refractivity contribution in [1.29, 1.82) is 0 Å². The highest BCUT2D eigenvalue weighted by Gasteiger charge is 2.10. The van der Waals surface area contributed by atoms with E-state index in [2.05, 4.69) is 95.8 Å². The third-order valence-electron chi connectivity index (χ3n) is 4.81.